The lowest BCUT2D eigenvalue weighted by Crippen LogP contribution is -2.40. The van der Waals surface area contributed by atoms with Crippen molar-refractivity contribution in [3.8, 4) is 28.9 Å². The fraction of sp³-hybridized carbons (Fsp3) is 0.393. The van der Waals surface area contributed by atoms with E-state index in [4.69, 9.17) is 23.0 Å². The Morgan fingerprint density at radius 3 is 2.66 bits per heavy atom. The highest BCUT2D eigenvalue weighted by molar-refractivity contribution is 5.87. The van der Waals surface area contributed by atoms with Gasteiger partial charge in [-0.3, -0.25) is 0 Å². The average Bonchev–Trinajstić information content (AvgIpc) is 3.66. The Morgan fingerprint density at radius 2 is 1.87 bits per heavy atom. The van der Waals surface area contributed by atoms with Gasteiger partial charge in [0.25, 0.3) is 5.89 Å². The third-order valence-corrected chi connectivity index (χ3v) is 6.99. The van der Waals surface area contributed by atoms with Crippen LogP contribution in [0.3, 0.4) is 0 Å². The smallest absolute Gasteiger partial charge is 0.263 e. The maximum absolute atomic E-state index is 10.7. The van der Waals surface area contributed by atoms with Gasteiger partial charge in [-0.1, -0.05) is 19.1 Å². The van der Waals surface area contributed by atoms with Crippen LogP contribution in [0.2, 0.25) is 0 Å². The predicted octanol–water partition coefficient (Wildman–Crippen LogP) is 5.84. The second-order valence-electron chi connectivity index (χ2n) is 9.42. The summed E-state index contributed by atoms with van der Waals surface area (Å²) in [4.78, 5) is 6.61. The van der Waals surface area contributed by atoms with Crippen molar-refractivity contribution in [2.45, 2.75) is 38.2 Å². The molecule has 0 amide bonds. The van der Waals surface area contributed by atoms with E-state index in [1.54, 1.807) is 6.20 Å². The van der Waals surface area contributed by atoms with E-state index in [1.807, 2.05) is 37.3 Å². The number of aromatic nitrogens is 1. The molecule has 2 aromatic heterocycles. The van der Waals surface area contributed by atoms with Crippen LogP contribution in [0.1, 0.15) is 37.0 Å². The Kier molecular flexibility index (Phi) is 9.10. The number of piperidine rings is 1. The lowest BCUT2D eigenvalue weighted by molar-refractivity contribution is 0.0599. The summed E-state index contributed by atoms with van der Waals surface area (Å²) in [7, 11) is 0. The number of β-amino-alcohol motifs (C(OH)–C–C–N with tert-alkyl or cyclic N) is 1. The van der Waals surface area contributed by atoms with E-state index in [9.17, 15) is 5.11 Å². The molecule has 0 spiro atoms. The maximum Gasteiger partial charge on any atom is 0.263 e. The van der Waals surface area contributed by atoms with E-state index in [1.165, 1.54) is 5.56 Å². The summed E-state index contributed by atoms with van der Waals surface area (Å²) in [5.41, 5.74) is 1.99. The number of oxazole rings is 1. The van der Waals surface area contributed by atoms with Crippen molar-refractivity contribution in [1.29, 1.82) is 0 Å². The second kappa shape index (κ2) is 12.3. The number of ether oxygens (including phenoxy) is 3. The summed E-state index contributed by atoms with van der Waals surface area (Å²) in [6.07, 6.45) is 3.99. The number of fused-ring (bicyclic) bond motifs is 2. The Balaban J connectivity index is 0.00000168. The van der Waals surface area contributed by atoms with Crippen molar-refractivity contribution in [3.63, 3.8) is 0 Å². The molecule has 0 aliphatic carbocycles. The minimum Gasteiger partial charge on any atom is -0.490 e. The molecule has 10 heteroatoms. The molecule has 2 aromatic carbocycles. The number of hydrogen-bond acceptors (Lipinski definition) is 8. The average molecular weight is 563 g/mol. The van der Waals surface area contributed by atoms with Crippen LogP contribution >= 0.6 is 24.8 Å². The van der Waals surface area contributed by atoms with E-state index in [0.29, 0.717) is 42.2 Å². The van der Waals surface area contributed by atoms with Gasteiger partial charge >= 0.3 is 0 Å². The zero-order valence-corrected chi connectivity index (χ0v) is 22.8. The van der Waals surface area contributed by atoms with Crippen molar-refractivity contribution in [3.05, 3.63) is 60.0 Å². The number of aliphatic hydroxyl groups is 1. The van der Waals surface area contributed by atoms with Gasteiger partial charge in [0.2, 0.25) is 6.79 Å². The minimum atomic E-state index is -0.590. The fourth-order valence-corrected chi connectivity index (χ4v) is 5.00. The molecule has 4 heterocycles. The molecule has 1 atom stereocenters. The van der Waals surface area contributed by atoms with Crippen LogP contribution in [0.15, 0.2) is 57.5 Å². The number of likely N-dealkylation sites (tertiary alicyclic amines) is 1. The zero-order valence-electron chi connectivity index (χ0n) is 21.1. The van der Waals surface area contributed by atoms with Gasteiger partial charge in [-0.05, 0) is 61.7 Å². The molecule has 8 nitrogen and oxygen atoms in total. The van der Waals surface area contributed by atoms with Gasteiger partial charge in [-0.15, -0.1) is 24.8 Å². The van der Waals surface area contributed by atoms with E-state index in [2.05, 4.69) is 22.0 Å². The number of hydrogen-bond donors (Lipinski definition) is 1. The molecule has 1 N–H and O–H groups in total. The highest BCUT2D eigenvalue weighted by Gasteiger charge is 2.24. The highest BCUT2D eigenvalue weighted by Crippen LogP contribution is 2.37. The molecular weight excluding hydrogens is 531 g/mol. The summed E-state index contributed by atoms with van der Waals surface area (Å²) in [6.45, 7) is 4.98. The first-order chi connectivity index (χ1) is 17.7. The van der Waals surface area contributed by atoms with Crippen LogP contribution in [0, 0.1) is 0 Å². The number of furan rings is 1. The third kappa shape index (κ3) is 5.89. The Hall–Kier alpha value is -2.91. The predicted molar refractivity (Wildman–Crippen MR) is 148 cm³/mol. The van der Waals surface area contributed by atoms with E-state index in [-0.39, 0.29) is 31.4 Å². The quantitative estimate of drug-likeness (QED) is 0.286. The summed E-state index contributed by atoms with van der Waals surface area (Å²) in [5.74, 6) is 4.66. The van der Waals surface area contributed by atoms with Gasteiger partial charge in [-0.2, -0.15) is 0 Å². The van der Waals surface area contributed by atoms with Gasteiger partial charge in [0.15, 0.2) is 17.3 Å². The van der Waals surface area contributed by atoms with Crippen molar-refractivity contribution >= 4 is 35.8 Å². The molecule has 0 saturated carbocycles. The van der Waals surface area contributed by atoms with E-state index < -0.39 is 6.10 Å². The van der Waals surface area contributed by atoms with Crippen LogP contribution in [-0.4, -0.2) is 54.1 Å². The van der Waals surface area contributed by atoms with Gasteiger partial charge in [0.1, 0.15) is 29.8 Å². The highest BCUT2D eigenvalue weighted by atomic mass is 35.5. The van der Waals surface area contributed by atoms with Crippen molar-refractivity contribution in [2.75, 3.05) is 33.0 Å². The maximum atomic E-state index is 10.7. The zero-order chi connectivity index (χ0) is 24.5. The number of benzene rings is 2. The van der Waals surface area contributed by atoms with Crippen LogP contribution in [-0.2, 0) is 6.42 Å². The minimum absolute atomic E-state index is 0. The Labute approximate surface area is 233 Å². The van der Waals surface area contributed by atoms with Crippen LogP contribution in [0.25, 0.3) is 22.6 Å². The van der Waals surface area contributed by atoms with Crippen molar-refractivity contribution in [2.24, 2.45) is 0 Å². The largest absolute Gasteiger partial charge is 0.490 e. The first-order valence-electron chi connectivity index (χ1n) is 12.6. The normalized spacial score (nSPS) is 16.2. The van der Waals surface area contributed by atoms with Gasteiger partial charge in [-0.25, -0.2) is 4.98 Å². The van der Waals surface area contributed by atoms with Crippen LogP contribution in [0.4, 0.5) is 0 Å². The monoisotopic (exact) mass is 562 g/mol. The summed E-state index contributed by atoms with van der Waals surface area (Å²) >= 11 is 0. The van der Waals surface area contributed by atoms with Gasteiger partial charge < -0.3 is 33.1 Å². The molecule has 38 heavy (non-hydrogen) atoms. The molecule has 0 radical (unpaired) electrons. The van der Waals surface area contributed by atoms with Gasteiger partial charge in [0, 0.05) is 19.0 Å². The molecule has 4 aromatic rings. The molecule has 204 valence electrons. The molecule has 2 aliphatic rings. The number of nitrogens with zero attached hydrogens (tertiary/aromatic N) is 2. The number of rotatable bonds is 8. The Bertz CT molecular complexity index is 1350. The summed E-state index contributed by atoms with van der Waals surface area (Å²) in [5, 5.41) is 11.5. The third-order valence-electron chi connectivity index (χ3n) is 6.99. The fourth-order valence-electron chi connectivity index (χ4n) is 5.00. The molecular formula is C28H32Cl2N2O6. The number of halogens is 2. The molecule has 6 rings (SSSR count). The molecule has 1 saturated heterocycles. The van der Waals surface area contributed by atoms with Crippen LogP contribution in [0.5, 0.6) is 17.2 Å². The lowest BCUT2D eigenvalue weighted by atomic mass is 9.89. The van der Waals surface area contributed by atoms with Crippen molar-refractivity contribution in [1.82, 2.24) is 9.88 Å². The molecule has 0 unspecified atom stereocenters. The number of aliphatic hydroxyl groups excluding tert-OH is 1. The molecule has 1 fully saturated rings. The van der Waals surface area contributed by atoms with E-state index in [0.717, 1.165) is 55.0 Å². The molecule has 0 bridgehead atoms. The van der Waals surface area contributed by atoms with E-state index >= 15 is 0 Å². The summed E-state index contributed by atoms with van der Waals surface area (Å²) in [6, 6.07) is 13.8. The molecule has 2 aliphatic heterocycles. The topological polar surface area (TPSA) is 90.3 Å². The first kappa shape index (κ1) is 28.1. The second-order valence-corrected chi connectivity index (χ2v) is 9.42. The van der Waals surface area contributed by atoms with Crippen LogP contribution < -0.4 is 14.2 Å². The van der Waals surface area contributed by atoms with Gasteiger partial charge in [0.05, 0.1) is 11.6 Å². The lowest BCUT2D eigenvalue weighted by Gasteiger charge is -2.33. The Morgan fingerprint density at radius 1 is 1.05 bits per heavy atom. The van der Waals surface area contributed by atoms with Crippen molar-refractivity contribution < 1.29 is 28.2 Å². The first-order valence-corrected chi connectivity index (χ1v) is 12.6. The number of aryl methyl sites for hydroxylation is 1. The SMILES string of the molecule is CCc1cnc(-c2cc3c(OC[C@@H](O)CN4CCC(c5ccc6c(c5)OCO6)CC4)cccc3o2)o1.Cl.Cl. The standard InChI is InChI=1S/C28H30N2O6.2ClH/c1-2-21-14-29-28(35-21)27-13-22-23(4-3-5-24(22)36-27)32-16-20(31)15-30-10-8-18(9-11-30)19-6-7-25-26(12-19)34-17-33-25;;/h3-7,12-14,18,20,31H,2,8-11,15-17H2,1H3;2*1H/t20-;;/m0../s1. The summed E-state index contributed by atoms with van der Waals surface area (Å²) < 4.78 is 28.6.